The van der Waals surface area contributed by atoms with Gasteiger partial charge >= 0.3 is 0 Å². The van der Waals surface area contributed by atoms with E-state index in [1.54, 1.807) is 0 Å². The smallest absolute Gasteiger partial charge is 0.0967 e. The van der Waals surface area contributed by atoms with Crippen molar-refractivity contribution in [2.75, 3.05) is 6.61 Å². The molecule has 1 saturated carbocycles. The fraction of sp³-hybridized carbons (Fsp3) is 1.00. The summed E-state index contributed by atoms with van der Waals surface area (Å²) in [6.07, 6.45) is 3.55. The molecule has 3 fully saturated rings. The fourth-order valence-corrected chi connectivity index (χ4v) is 1.69. The zero-order valence-corrected chi connectivity index (χ0v) is 4.59. The maximum atomic E-state index is 5.28. The van der Waals surface area contributed by atoms with Crippen molar-refractivity contribution in [3.63, 3.8) is 0 Å². The van der Waals surface area contributed by atoms with E-state index in [9.17, 15) is 0 Å². The van der Waals surface area contributed by atoms with Crippen molar-refractivity contribution in [1.82, 2.24) is 0 Å². The Balaban J connectivity index is 1.90. The average molecular weight is 112 g/mol. The summed E-state index contributed by atoms with van der Waals surface area (Å²) in [5.41, 5.74) is 0.341. The molecule has 2 nitrogen and oxygen atoms in total. The zero-order chi connectivity index (χ0) is 5.19. The Morgan fingerprint density at radius 2 is 1.88 bits per heavy atom. The molecule has 3 rings (SSSR count). The second-order valence-corrected chi connectivity index (χ2v) is 3.09. The van der Waals surface area contributed by atoms with E-state index < -0.39 is 0 Å². The summed E-state index contributed by atoms with van der Waals surface area (Å²) in [6, 6.07) is 0. The monoisotopic (exact) mass is 112 g/mol. The Morgan fingerprint density at radius 1 is 1.25 bits per heavy atom. The number of epoxide rings is 2. The second kappa shape index (κ2) is 0.847. The number of rotatable bonds is 0. The Morgan fingerprint density at radius 3 is 2.25 bits per heavy atom. The van der Waals surface area contributed by atoms with Crippen LogP contribution in [0.5, 0.6) is 0 Å². The number of hydrogen-bond donors (Lipinski definition) is 0. The van der Waals surface area contributed by atoms with Gasteiger partial charge < -0.3 is 9.47 Å². The molecule has 0 N–H and O–H groups in total. The molecule has 2 heterocycles. The van der Waals surface area contributed by atoms with E-state index in [0.717, 1.165) is 6.61 Å². The van der Waals surface area contributed by atoms with Gasteiger partial charge in [0.2, 0.25) is 0 Å². The molecule has 44 valence electrons. The van der Waals surface area contributed by atoms with Crippen LogP contribution in [0.4, 0.5) is 0 Å². The Kier molecular flexibility index (Phi) is 0.408. The number of fused-ring (bicyclic) bond motifs is 1. The van der Waals surface area contributed by atoms with E-state index in [1.807, 2.05) is 0 Å². The Labute approximate surface area is 47.8 Å². The molecule has 0 aromatic heterocycles. The van der Waals surface area contributed by atoms with Crippen molar-refractivity contribution in [2.24, 2.45) is 0 Å². The number of ether oxygens (including phenoxy) is 2. The molecule has 0 aromatic carbocycles. The van der Waals surface area contributed by atoms with Crippen LogP contribution >= 0.6 is 0 Å². The fourth-order valence-electron chi connectivity index (χ4n) is 1.69. The highest BCUT2D eigenvalue weighted by molar-refractivity contribution is 5.10. The van der Waals surface area contributed by atoms with E-state index in [2.05, 4.69) is 0 Å². The largest absolute Gasteiger partial charge is 0.369 e. The first-order chi connectivity index (χ1) is 3.88. The van der Waals surface area contributed by atoms with Gasteiger partial charge in [-0.05, 0) is 0 Å². The molecule has 8 heavy (non-hydrogen) atoms. The van der Waals surface area contributed by atoms with Crippen LogP contribution in [0.2, 0.25) is 0 Å². The van der Waals surface area contributed by atoms with Gasteiger partial charge in [0, 0.05) is 12.8 Å². The van der Waals surface area contributed by atoms with E-state index in [-0.39, 0.29) is 0 Å². The van der Waals surface area contributed by atoms with Gasteiger partial charge in [0.05, 0.1) is 24.4 Å². The van der Waals surface area contributed by atoms with Crippen LogP contribution in [0, 0.1) is 0 Å². The van der Waals surface area contributed by atoms with Crippen LogP contribution in [0.15, 0.2) is 0 Å². The minimum Gasteiger partial charge on any atom is -0.369 e. The lowest BCUT2D eigenvalue weighted by Gasteiger charge is -1.99. The summed E-state index contributed by atoms with van der Waals surface area (Å²) in [5.74, 6) is 0. The molecular formula is C6H8O2. The molecule has 0 radical (unpaired) electrons. The van der Waals surface area contributed by atoms with Crippen molar-refractivity contribution in [1.29, 1.82) is 0 Å². The third kappa shape index (κ3) is 0.327. The van der Waals surface area contributed by atoms with Crippen LogP contribution < -0.4 is 0 Å². The predicted octanol–water partition coefficient (Wildman–Crippen LogP) is 0.317. The van der Waals surface area contributed by atoms with Crippen molar-refractivity contribution < 1.29 is 9.47 Å². The molecule has 2 heteroatoms. The van der Waals surface area contributed by atoms with Gasteiger partial charge in [-0.25, -0.2) is 0 Å². The predicted molar refractivity (Wildman–Crippen MR) is 26.6 cm³/mol. The first kappa shape index (κ1) is 3.85. The van der Waals surface area contributed by atoms with Gasteiger partial charge in [0.15, 0.2) is 0 Å². The summed E-state index contributed by atoms with van der Waals surface area (Å²) in [4.78, 5) is 0. The lowest BCUT2D eigenvalue weighted by molar-refractivity contribution is 0.214. The minimum absolute atomic E-state index is 0.341. The lowest BCUT2D eigenvalue weighted by Crippen LogP contribution is -2.07. The molecule has 0 bridgehead atoms. The maximum absolute atomic E-state index is 5.28. The highest BCUT2D eigenvalue weighted by Crippen LogP contribution is 2.52. The summed E-state index contributed by atoms with van der Waals surface area (Å²) in [7, 11) is 0. The van der Waals surface area contributed by atoms with E-state index in [1.165, 1.54) is 12.8 Å². The highest BCUT2D eigenvalue weighted by atomic mass is 16.6. The normalized spacial score (nSPS) is 66.0. The summed E-state index contributed by atoms with van der Waals surface area (Å²) in [6.45, 7) is 1.00. The molecule has 1 spiro atoms. The molecule has 2 atom stereocenters. The zero-order valence-electron chi connectivity index (χ0n) is 4.59. The van der Waals surface area contributed by atoms with E-state index in [4.69, 9.17) is 9.47 Å². The lowest BCUT2D eigenvalue weighted by atomic mass is 10.1. The number of hydrogen-bond acceptors (Lipinski definition) is 2. The summed E-state index contributed by atoms with van der Waals surface area (Å²) in [5, 5.41) is 0. The van der Waals surface area contributed by atoms with Crippen molar-refractivity contribution in [3.05, 3.63) is 0 Å². The molecule has 0 aromatic rings. The maximum Gasteiger partial charge on any atom is 0.0967 e. The molecule has 2 saturated heterocycles. The summed E-state index contributed by atoms with van der Waals surface area (Å²) >= 11 is 0. The molecular weight excluding hydrogens is 104 g/mol. The first-order valence-electron chi connectivity index (χ1n) is 3.17. The van der Waals surface area contributed by atoms with E-state index in [0.29, 0.717) is 17.8 Å². The van der Waals surface area contributed by atoms with Crippen molar-refractivity contribution >= 4 is 0 Å². The topological polar surface area (TPSA) is 25.1 Å². The molecule has 2 unspecified atom stereocenters. The molecule has 0 amide bonds. The van der Waals surface area contributed by atoms with Crippen LogP contribution in [0.1, 0.15) is 12.8 Å². The van der Waals surface area contributed by atoms with E-state index >= 15 is 0 Å². The average Bonchev–Trinajstić information content (AvgIpc) is 2.58. The minimum atomic E-state index is 0.341. The van der Waals surface area contributed by atoms with Crippen molar-refractivity contribution in [3.8, 4) is 0 Å². The highest BCUT2D eigenvalue weighted by Gasteiger charge is 2.62. The van der Waals surface area contributed by atoms with Crippen LogP contribution in [-0.2, 0) is 9.47 Å². The molecule has 1 aliphatic carbocycles. The van der Waals surface area contributed by atoms with Gasteiger partial charge in [-0.3, -0.25) is 0 Å². The van der Waals surface area contributed by atoms with Crippen LogP contribution in [0.3, 0.4) is 0 Å². The van der Waals surface area contributed by atoms with Crippen LogP contribution in [0.25, 0.3) is 0 Å². The second-order valence-electron chi connectivity index (χ2n) is 3.09. The summed E-state index contributed by atoms with van der Waals surface area (Å²) < 4.78 is 10.5. The van der Waals surface area contributed by atoms with Crippen LogP contribution in [-0.4, -0.2) is 24.4 Å². The van der Waals surface area contributed by atoms with Gasteiger partial charge in [-0.2, -0.15) is 0 Å². The Hall–Kier alpha value is -0.0800. The third-order valence-corrected chi connectivity index (χ3v) is 2.39. The molecule has 3 aliphatic rings. The van der Waals surface area contributed by atoms with Gasteiger partial charge in [-0.1, -0.05) is 0 Å². The third-order valence-electron chi connectivity index (χ3n) is 2.39. The Bertz CT molecular complexity index is 127. The van der Waals surface area contributed by atoms with Crippen molar-refractivity contribution in [2.45, 2.75) is 30.7 Å². The standard InChI is InChI=1S/C6H8O2/c1-4-5(8-4)2-6(1)3-7-6/h4-5H,1-3H2. The quantitative estimate of drug-likeness (QED) is 0.421. The van der Waals surface area contributed by atoms with Gasteiger partial charge in [0.25, 0.3) is 0 Å². The van der Waals surface area contributed by atoms with Gasteiger partial charge in [0.1, 0.15) is 0 Å². The first-order valence-corrected chi connectivity index (χ1v) is 3.17. The SMILES string of the molecule is C1OC12CC1OC1C2. The van der Waals surface area contributed by atoms with Gasteiger partial charge in [-0.15, -0.1) is 0 Å². The molecule has 2 aliphatic heterocycles.